The fraction of sp³-hybridized carbons (Fsp3) is 0.667. The van der Waals surface area contributed by atoms with Crippen molar-refractivity contribution in [2.75, 3.05) is 11.5 Å². The van der Waals surface area contributed by atoms with Crippen LogP contribution >= 0.6 is 22.6 Å². The van der Waals surface area contributed by atoms with Crippen LogP contribution in [0.3, 0.4) is 0 Å². The molecule has 2 aliphatic carbocycles. The van der Waals surface area contributed by atoms with E-state index in [4.69, 9.17) is 9.47 Å². The second-order valence-electron chi connectivity index (χ2n) is 7.09. The molecule has 3 unspecified atom stereocenters. The summed E-state index contributed by atoms with van der Waals surface area (Å²) in [4.78, 5) is 0. The Bertz CT molecular complexity index is 496. The molecule has 21 heavy (non-hydrogen) atoms. The van der Waals surface area contributed by atoms with Crippen molar-refractivity contribution in [2.24, 2.45) is 17.3 Å². The van der Waals surface area contributed by atoms with Crippen molar-refractivity contribution in [1.29, 1.82) is 0 Å². The third-order valence-corrected chi connectivity index (χ3v) is 7.19. The van der Waals surface area contributed by atoms with Gasteiger partial charge in [-0.05, 0) is 54.2 Å². The molecular formula is C18H25IO2. The summed E-state index contributed by atoms with van der Waals surface area (Å²) < 4.78 is 12.9. The fourth-order valence-corrected chi connectivity index (χ4v) is 6.32. The lowest BCUT2D eigenvalue weighted by Crippen LogP contribution is -2.52. The van der Waals surface area contributed by atoms with Gasteiger partial charge in [-0.1, -0.05) is 48.6 Å². The van der Waals surface area contributed by atoms with Crippen LogP contribution in [0.1, 0.15) is 38.7 Å². The predicted molar refractivity (Wildman–Crippen MR) is 94.0 cm³/mol. The minimum atomic E-state index is 0.0520. The zero-order chi connectivity index (χ0) is 15.1. The van der Waals surface area contributed by atoms with Gasteiger partial charge in [0.15, 0.2) is 0 Å². The largest absolute Gasteiger partial charge is 0.497 e. The van der Waals surface area contributed by atoms with Crippen molar-refractivity contribution in [3.63, 3.8) is 0 Å². The Morgan fingerprint density at radius 1 is 1.14 bits per heavy atom. The van der Waals surface area contributed by atoms with Gasteiger partial charge < -0.3 is 9.47 Å². The number of fused-ring (bicyclic) bond motifs is 2. The second-order valence-corrected chi connectivity index (χ2v) is 7.85. The van der Waals surface area contributed by atoms with E-state index in [-0.39, 0.29) is 5.60 Å². The van der Waals surface area contributed by atoms with Crippen LogP contribution in [0.2, 0.25) is 0 Å². The number of hydrogen-bond donors (Lipinski definition) is 0. The van der Waals surface area contributed by atoms with Crippen molar-refractivity contribution < 1.29 is 9.47 Å². The highest BCUT2D eigenvalue weighted by Crippen LogP contribution is 2.63. The van der Waals surface area contributed by atoms with Crippen molar-refractivity contribution in [2.45, 2.75) is 45.3 Å². The summed E-state index contributed by atoms with van der Waals surface area (Å²) in [5, 5.41) is 0. The molecule has 3 atom stereocenters. The molecule has 0 aromatic heterocycles. The van der Waals surface area contributed by atoms with Crippen molar-refractivity contribution in [3.05, 3.63) is 29.8 Å². The maximum Gasteiger partial charge on any atom is 0.118 e. The minimum absolute atomic E-state index is 0.0520. The van der Waals surface area contributed by atoms with Crippen LogP contribution in [-0.2, 0) is 11.3 Å². The molecule has 1 aromatic carbocycles. The monoisotopic (exact) mass is 400 g/mol. The van der Waals surface area contributed by atoms with Crippen LogP contribution in [0.25, 0.3) is 0 Å². The Kier molecular flexibility index (Phi) is 4.25. The first-order valence-electron chi connectivity index (χ1n) is 7.86. The van der Waals surface area contributed by atoms with Crippen LogP contribution in [0.15, 0.2) is 24.3 Å². The quantitative estimate of drug-likeness (QED) is 0.520. The lowest BCUT2D eigenvalue weighted by Gasteiger charge is -2.48. The second kappa shape index (κ2) is 5.73. The van der Waals surface area contributed by atoms with Crippen molar-refractivity contribution in [3.8, 4) is 5.75 Å². The van der Waals surface area contributed by atoms with Crippen molar-refractivity contribution >= 4 is 22.6 Å². The molecular weight excluding hydrogens is 375 g/mol. The Morgan fingerprint density at radius 3 is 2.33 bits per heavy atom. The summed E-state index contributed by atoms with van der Waals surface area (Å²) in [5.74, 6) is 2.49. The third-order valence-electron chi connectivity index (χ3n) is 6.06. The lowest BCUT2D eigenvalue weighted by molar-refractivity contribution is -0.144. The van der Waals surface area contributed by atoms with Crippen LogP contribution in [0, 0.1) is 17.3 Å². The van der Waals surface area contributed by atoms with E-state index in [1.165, 1.54) is 24.8 Å². The molecule has 0 aliphatic heterocycles. The number of rotatable bonds is 5. The Labute approximate surface area is 141 Å². The smallest absolute Gasteiger partial charge is 0.118 e. The Morgan fingerprint density at radius 2 is 1.81 bits per heavy atom. The normalized spacial score (nSPS) is 33.3. The molecule has 0 saturated heterocycles. The molecule has 0 radical (unpaired) electrons. The van der Waals surface area contributed by atoms with Gasteiger partial charge in [-0.2, -0.15) is 0 Å². The molecule has 1 aromatic rings. The van der Waals surface area contributed by atoms with Gasteiger partial charge in [-0.25, -0.2) is 0 Å². The van der Waals surface area contributed by atoms with Crippen LogP contribution in [0.4, 0.5) is 0 Å². The zero-order valence-electron chi connectivity index (χ0n) is 13.2. The summed E-state index contributed by atoms with van der Waals surface area (Å²) in [6, 6.07) is 8.25. The van der Waals surface area contributed by atoms with Gasteiger partial charge in [-0.3, -0.25) is 0 Å². The maximum absolute atomic E-state index is 6.60. The SMILES string of the molecule is COc1ccc(COC2(CI)C3CCC(C3)C2(C)C)cc1. The molecule has 0 amide bonds. The summed E-state index contributed by atoms with van der Waals surface area (Å²) >= 11 is 2.54. The van der Waals surface area contributed by atoms with Crippen LogP contribution in [-0.4, -0.2) is 17.1 Å². The molecule has 2 fully saturated rings. The first kappa shape index (κ1) is 15.6. The third kappa shape index (κ3) is 2.40. The van der Waals surface area contributed by atoms with E-state index < -0.39 is 0 Å². The number of methoxy groups -OCH3 is 1. The summed E-state index contributed by atoms with van der Waals surface area (Å²) in [6.45, 7) is 5.55. The van der Waals surface area contributed by atoms with E-state index in [1.807, 2.05) is 12.1 Å². The molecule has 2 saturated carbocycles. The molecule has 2 aliphatic rings. The van der Waals surface area contributed by atoms with Crippen LogP contribution < -0.4 is 4.74 Å². The number of ether oxygens (including phenoxy) is 2. The van der Waals surface area contributed by atoms with Gasteiger partial charge in [0.25, 0.3) is 0 Å². The molecule has 2 nitrogen and oxygen atoms in total. The van der Waals surface area contributed by atoms with E-state index in [0.29, 0.717) is 12.0 Å². The molecule has 0 spiro atoms. The molecule has 2 bridgehead atoms. The number of hydrogen-bond acceptors (Lipinski definition) is 2. The average molecular weight is 400 g/mol. The first-order valence-corrected chi connectivity index (χ1v) is 9.39. The lowest BCUT2D eigenvalue weighted by atomic mass is 9.66. The molecule has 116 valence electrons. The zero-order valence-corrected chi connectivity index (χ0v) is 15.4. The highest BCUT2D eigenvalue weighted by molar-refractivity contribution is 14.1. The average Bonchev–Trinajstić information content (AvgIpc) is 3.06. The summed E-state index contributed by atoms with van der Waals surface area (Å²) in [6.07, 6.45) is 4.10. The van der Waals surface area contributed by atoms with Gasteiger partial charge in [0.2, 0.25) is 0 Å². The fourth-order valence-electron chi connectivity index (χ4n) is 4.49. The van der Waals surface area contributed by atoms with E-state index in [0.717, 1.165) is 22.0 Å². The van der Waals surface area contributed by atoms with Crippen molar-refractivity contribution in [1.82, 2.24) is 0 Å². The van der Waals surface area contributed by atoms with E-state index >= 15 is 0 Å². The van der Waals surface area contributed by atoms with E-state index in [1.54, 1.807) is 7.11 Å². The number of halogens is 1. The van der Waals surface area contributed by atoms with Gasteiger partial charge in [0.1, 0.15) is 5.75 Å². The maximum atomic E-state index is 6.60. The first-order chi connectivity index (χ1) is 10.0. The van der Waals surface area contributed by atoms with Crippen LogP contribution in [0.5, 0.6) is 5.75 Å². The van der Waals surface area contributed by atoms with Gasteiger partial charge in [0, 0.05) is 4.43 Å². The summed E-state index contributed by atoms with van der Waals surface area (Å²) in [5.41, 5.74) is 1.58. The standard InChI is InChI=1S/C18H25IO2/c1-17(2)14-6-7-15(10-14)18(17,12-19)21-11-13-4-8-16(20-3)9-5-13/h4-5,8-9,14-15H,6-7,10-12H2,1-3H3. The predicted octanol–water partition coefficient (Wildman–Crippen LogP) is 4.84. The topological polar surface area (TPSA) is 18.5 Å². The van der Waals surface area contributed by atoms with E-state index in [9.17, 15) is 0 Å². The summed E-state index contributed by atoms with van der Waals surface area (Å²) in [7, 11) is 1.70. The molecule has 3 rings (SSSR count). The molecule has 3 heteroatoms. The van der Waals surface area contributed by atoms with Gasteiger partial charge in [0.05, 0.1) is 19.3 Å². The molecule has 0 N–H and O–H groups in total. The van der Waals surface area contributed by atoms with E-state index in [2.05, 4.69) is 48.6 Å². The Hall–Kier alpha value is -0.290. The van der Waals surface area contributed by atoms with Gasteiger partial charge in [-0.15, -0.1) is 0 Å². The number of benzene rings is 1. The highest BCUT2D eigenvalue weighted by atomic mass is 127. The van der Waals surface area contributed by atoms with Gasteiger partial charge >= 0.3 is 0 Å². The molecule has 0 heterocycles. The number of alkyl halides is 1. The highest BCUT2D eigenvalue weighted by Gasteiger charge is 2.63. The Balaban J connectivity index is 1.75. The minimum Gasteiger partial charge on any atom is -0.497 e.